The van der Waals surface area contributed by atoms with Crippen LogP contribution in [0, 0.1) is 0 Å². The molecule has 0 aliphatic heterocycles. The van der Waals surface area contributed by atoms with Crippen molar-refractivity contribution in [3.05, 3.63) is 65.2 Å². The highest BCUT2D eigenvalue weighted by Gasteiger charge is 2.03. The number of phenols is 1. The number of hydrogen-bond donors (Lipinski definition) is 3. The van der Waals surface area contributed by atoms with E-state index in [0.29, 0.717) is 17.9 Å². The Bertz CT molecular complexity index is 765. The highest BCUT2D eigenvalue weighted by Crippen LogP contribution is 2.26. The van der Waals surface area contributed by atoms with E-state index in [4.69, 9.17) is 9.84 Å². The fraction of sp³-hybridized carbons (Fsp3) is 0.111. The molecular formula is C18H17NO5. The molecule has 6 nitrogen and oxygen atoms in total. The zero-order valence-electron chi connectivity index (χ0n) is 13.0. The van der Waals surface area contributed by atoms with Crippen LogP contribution >= 0.6 is 0 Å². The first-order valence-corrected chi connectivity index (χ1v) is 7.15. The minimum atomic E-state index is -0.988. The van der Waals surface area contributed by atoms with Crippen molar-refractivity contribution in [2.45, 2.75) is 6.54 Å². The molecule has 0 saturated heterocycles. The van der Waals surface area contributed by atoms with Crippen LogP contribution < -0.4 is 10.1 Å². The fourth-order valence-corrected chi connectivity index (χ4v) is 1.98. The summed E-state index contributed by atoms with van der Waals surface area (Å²) < 4.78 is 5.00. The quantitative estimate of drug-likeness (QED) is 0.708. The number of phenolic OH excluding ortho intramolecular Hbond substituents is 1. The lowest BCUT2D eigenvalue weighted by molar-refractivity contribution is -0.116. The predicted octanol–water partition coefficient (Wildman–Crippen LogP) is 2.43. The lowest BCUT2D eigenvalue weighted by atomic mass is 10.1. The van der Waals surface area contributed by atoms with Crippen molar-refractivity contribution >= 4 is 18.0 Å². The van der Waals surface area contributed by atoms with E-state index in [-0.39, 0.29) is 17.2 Å². The summed E-state index contributed by atoms with van der Waals surface area (Å²) in [5, 5.41) is 21.0. The van der Waals surface area contributed by atoms with Crippen molar-refractivity contribution in [3.8, 4) is 11.5 Å². The van der Waals surface area contributed by atoms with Gasteiger partial charge in [0.15, 0.2) is 11.5 Å². The summed E-state index contributed by atoms with van der Waals surface area (Å²) in [6, 6.07) is 11.0. The summed E-state index contributed by atoms with van der Waals surface area (Å²) in [6.07, 6.45) is 2.97. The molecule has 0 fully saturated rings. The van der Waals surface area contributed by atoms with Gasteiger partial charge in [-0.15, -0.1) is 0 Å². The molecule has 0 bridgehead atoms. The number of rotatable bonds is 6. The summed E-state index contributed by atoms with van der Waals surface area (Å²) in [5.74, 6) is -0.915. The third-order valence-corrected chi connectivity index (χ3v) is 3.30. The van der Waals surface area contributed by atoms with Crippen LogP contribution in [0.15, 0.2) is 48.5 Å². The standard InChI is InChI=1S/C18H17NO5/c1-24-16-10-12(4-8-15(16)20)5-9-17(21)19-11-13-2-6-14(7-3-13)18(22)23/h2-10,20H,11H2,1H3,(H,19,21)(H,22,23). The Labute approximate surface area is 139 Å². The highest BCUT2D eigenvalue weighted by atomic mass is 16.5. The summed E-state index contributed by atoms with van der Waals surface area (Å²) in [4.78, 5) is 22.6. The topological polar surface area (TPSA) is 95.9 Å². The SMILES string of the molecule is COc1cc(C=CC(=O)NCc2ccc(C(=O)O)cc2)ccc1O. The van der Waals surface area contributed by atoms with E-state index in [0.717, 1.165) is 5.56 Å². The van der Waals surface area contributed by atoms with Gasteiger partial charge in [0.25, 0.3) is 0 Å². The van der Waals surface area contributed by atoms with Crippen LogP contribution in [-0.2, 0) is 11.3 Å². The van der Waals surface area contributed by atoms with Crippen molar-refractivity contribution in [2.75, 3.05) is 7.11 Å². The number of benzene rings is 2. The molecule has 0 atom stereocenters. The second-order valence-electron chi connectivity index (χ2n) is 4.98. The van der Waals surface area contributed by atoms with Crippen LogP contribution in [0.2, 0.25) is 0 Å². The van der Waals surface area contributed by atoms with Gasteiger partial charge in [0.05, 0.1) is 12.7 Å². The molecule has 124 valence electrons. The first kappa shape index (κ1) is 17.1. The number of aromatic hydroxyl groups is 1. The number of nitrogens with one attached hydrogen (secondary N) is 1. The van der Waals surface area contributed by atoms with E-state index in [1.165, 1.54) is 31.4 Å². The molecule has 6 heteroatoms. The van der Waals surface area contributed by atoms with Gasteiger partial charge < -0.3 is 20.3 Å². The molecule has 0 aliphatic carbocycles. The average Bonchev–Trinajstić information content (AvgIpc) is 2.59. The molecule has 0 saturated carbocycles. The van der Waals surface area contributed by atoms with Crippen molar-refractivity contribution in [1.29, 1.82) is 0 Å². The maximum atomic E-state index is 11.8. The molecule has 0 aliphatic rings. The number of ether oxygens (including phenoxy) is 1. The zero-order chi connectivity index (χ0) is 17.5. The van der Waals surface area contributed by atoms with E-state index in [1.807, 2.05) is 0 Å². The van der Waals surface area contributed by atoms with Crippen LogP contribution in [0.5, 0.6) is 11.5 Å². The predicted molar refractivity (Wildman–Crippen MR) is 88.9 cm³/mol. The first-order valence-electron chi connectivity index (χ1n) is 7.15. The smallest absolute Gasteiger partial charge is 0.335 e. The Kier molecular flexibility index (Phi) is 5.57. The lowest BCUT2D eigenvalue weighted by Gasteiger charge is -2.04. The van der Waals surface area contributed by atoms with E-state index >= 15 is 0 Å². The van der Waals surface area contributed by atoms with Gasteiger partial charge in [-0.2, -0.15) is 0 Å². The van der Waals surface area contributed by atoms with Gasteiger partial charge in [-0.3, -0.25) is 4.79 Å². The Morgan fingerprint density at radius 3 is 2.50 bits per heavy atom. The van der Waals surface area contributed by atoms with E-state index < -0.39 is 5.97 Å². The number of methoxy groups -OCH3 is 1. The maximum absolute atomic E-state index is 11.8. The summed E-state index contributed by atoms with van der Waals surface area (Å²) in [7, 11) is 1.45. The number of amides is 1. The Hall–Kier alpha value is -3.28. The van der Waals surface area contributed by atoms with E-state index in [1.54, 1.807) is 30.3 Å². The number of carbonyl (C=O) groups excluding carboxylic acids is 1. The van der Waals surface area contributed by atoms with E-state index in [2.05, 4.69) is 5.32 Å². The number of carbonyl (C=O) groups is 2. The average molecular weight is 327 g/mol. The molecule has 0 spiro atoms. The monoisotopic (exact) mass is 327 g/mol. The van der Waals surface area contributed by atoms with Gasteiger partial charge >= 0.3 is 5.97 Å². The molecule has 2 rings (SSSR count). The number of hydrogen-bond acceptors (Lipinski definition) is 4. The number of carboxylic acids is 1. The van der Waals surface area contributed by atoms with Crippen LogP contribution in [0.4, 0.5) is 0 Å². The molecule has 2 aromatic carbocycles. The van der Waals surface area contributed by atoms with Gasteiger partial charge in [-0.1, -0.05) is 18.2 Å². The molecule has 0 radical (unpaired) electrons. The normalized spacial score (nSPS) is 10.5. The Morgan fingerprint density at radius 2 is 1.88 bits per heavy atom. The molecule has 3 N–H and O–H groups in total. The number of aromatic carboxylic acids is 1. The molecule has 2 aromatic rings. The van der Waals surface area contributed by atoms with E-state index in [9.17, 15) is 14.7 Å². The van der Waals surface area contributed by atoms with Crippen molar-refractivity contribution in [1.82, 2.24) is 5.32 Å². The first-order chi connectivity index (χ1) is 11.5. The summed E-state index contributed by atoms with van der Waals surface area (Å²) in [6.45, 7) is 0.294. The molecule has 0 heterocycles. The maximum Gasteiger partial charge on any atom is 0.335 e. The molecule has 0 aromatic heterocycles. The fourth-order valence-electron chi connectivity index (χ4n) is 1.98. The molecule has 1 amide bonds. The van der Waals surface area contributed by atoms with Gasteiger partial charge in [0.2, 0.25) is 5.91 Å². The van der Waals surface area contributed by atoms with Crippen LogP contribution in [-0.4, -0.2) is 29.2 Å². The number of carboxylic acid groups (broad SMARTS) is 1. The summed E-state index contributed by atoms with van der Waals surface area (Å²) in [5.41, 5.74) is 1.71. The van der Waals surface area contributed by atoms with Crippen LogP contribution in [0.25, 0.3) is 6.08 Å². The molecule has 24 heavy (non-hydrogen) atoms. The van der Waals surface area contributed by atoms with Crippen LogP contribution in [0.3, 0.4) is 0 Å². The van der Waals surface area contributed by atoms with Crippen LogP contribution in [0.1, 0.15) is 21.5 Å². The third-order valence-electron chi connectivity index (χ3n) is 3.30. The van der Waals surface area contributed by atoms with Gasteiger partial charge in [0.1, 0.15) is 0 Å². The van der Waals surface area contributed by atoms with Crippen molar-refractivity contribution in [3.63, 3.8) is 0 Å². The Balaban J connectivity index is 1.92. The van der Waals surface area contributed by atoms with Crippen molar-refractivity contribution in [2.24, 2.45) is 0 Å². The lowest BCUT2D eigenvalue weighted by Crippen LogP contribution is -2.20. The summed E-state index contributed by atoms with van der Waals surface area (Å²) >= 11 is 0. The zero-order valence-corrected chi connectivity index (χ0v) is 13.0. The van der Waals surface area contributed by atoms with Gasteiger partial charge in [-0.25, -0.2) is 4.79 Å². The second-order valence-corrected chi connectivity index (χ2v) is 4.98. The largest absolute Gasteiger partial charge is 0.504 e. The van der Waals surface area contributed by atoms with Gasteiger partial charge in [0, 0.05) is 12.6 Å². The van der Waals surface area contributed by atoms with Gasteiger partial charge in [-0.05, 0) is 41.5 Å². The molecular weight excluding hydrogens is 310 g/mol. The van der Waals surface area contributed by atoms with Crippen molar-refractivity contribution < 1.29 is 24.5 Å². The highest BCUT2D eigenvalue weighted by molar-refractivity contribution is 5.91. The third kappa shape index (κ3) is 4.61. The second kappa shape index (κ2) is 7.82. The minimum Gasteiger partial charge on any atom is -0.504 e. The Morgan fingerprint density at radius 1 is 1.17 bits per heavy atom. The molecule has 0 unspecified atom stereocenters. The minimum absolute atomic E-state index is 0.0314.